The SMILES string of the molecule is C=CCOc1ccc(/C=C/C(=O)Nc2cc(S(=O)(=O)N(C)C)ccc2OC)cc1. The third-order valence-electron chi connectivity index (χ3n) is 3.88. The highest BCUT2D eigenvalue weighted by Gasteiger charge is 2.19. The fraction of sp³-hybridized carbons (Fsp3) is 0.190. The van der Waals surface area contributed by atoms with Crippen LogP contribution in [-0.2, 0) is 14.8 Å². The van der Waals surface area contributed by atoms with Crippen LogP contribution in [0.5, 0.6) is 11.5 Å². The van der Waals surface area contributed by atoms with Crippen LogP contribution in [0.2, 0.25) is 0 Å². The first-order chi connectivity index (χ1) is 13.8. The summed E-state index contributed by atoms with van der Waals surface area (Å²) in [6.45, 7) is 4.01. The van der Waals surface area contributed by atoms with Crippen LogP contribution >= 0.6 is 0 Å². The lowest BCUT2D eigenvalue weighted by molar-refractivity contribution is -0.111. The van der Waals surface area contributed by atoms with E-state index < -0.39 is 15.9 Å². The number of nitrogens with one attached hydrogen (secondary N) is 1. The average Bonchev–Trinajstić information content (AvgIpc) is 2.71. The molecule has 0 unspecified atom stereocenters. The zero-order valence-corrected chi connectivity index (χ0v) is 17.4. The van der Waals surface area contributed by atoms with Crippen LogP contribution in [0.1, 0.15) is 5.56 Å². The quantitative estimate of drug-likeness (QED) is 0.501. The highest BCUT2D eigenvalue weighted by atomic mass is 32.2. The van der Waals surface area contributed by atoms with Gasteiger partial charge in [-0.15, -0.1) is 0 Å². The standard InChI is InChI=1S/C21H24N2O5S/c1-5-14-28-17-9-6-16(7-10-17)8-13-21(24)22-19-15-18(11-12-20(19)27-4)29(25,26)23(2)3/h5-13,15H,1,14H2,2-4H3,(H,22,24)/b13-8+. The summed E-state index contributed by atoms with van der Waals surface area (Å²) in [6, 6.07) is 11.5. The zero-order valence-electron chi connectivity index (χ0n) is 16.6. The molecule has 154 valence electrons. The van der Waals surface area contributed by atoms with Gasteiger partial charge >= 0.3 is 0 Å². The fourth-order valence-corrected chi connectivity index (χ4v) is 3.26. The van der Waals surface area contributed by atoms with E-state index in [1.807, 2.05) is 12.1 Å². The second-order valence-corrected chi connectivity index (χ2v) is 8.29. The molecule has 1 amide bonds. The predicted molar refractivity (Wildman–Crippen MR) is 114 cm³/mol. The van der Waals surface area contributed by atoms with Crippen molar-refractivity contribution in [3.63, 3.8) is 0 Å². The molecular weight excluding hydrogens is 392 g/mol. The van der Waals surface area contributed by atoms with Crippen molar-refractivity contribution in [3.8, 4) is 11.5 Å². The largest absolute Gasteiger partial charge is 0.495 e. The van der Waals surface area contributed by atoms with Crippen LogP contribution in [0.15, 0.2) is 66.1 Å². The Morgan fingerprint density at radius 2 is 1.86 bits per heavy atom. The highest BCUT2D eigenvalue weighted by molar-refractivity contribution is 7.89. The van der Waals surface area contributed by atoms with E-state index in [4.69, 9.17) is 9.47 Å². The number of carbonyl (C=O) groups is 1. The number of carbonyl (C=O) groups excluding carboxylic acids is 1. The molecule has 0 aliphatic carbocycles. The van der Waals surface area contributed by atoms with E-state index in [0.717, 1.165) is 9.87 Å². The number of benzene rings is 2. The molecule has 0 atom stereocenters. The molecule has 0 aliphatic heterocycles. The van der Waals surface area contributed by atoms with Crippen molar-refractivity contribution >= 4 is 27.7 Å². The van der Waals surface area contributed by atoms with Gasteiger partial charge in [0.05, 0.1) is 17.7 Å². The highest BCUT2D eigenvalue weighted by Crippen LogP contribution is 2.28. The second kappa shape index (κ2) is 9.90. The Bertz CT molecular complexity index is 996. The zero-order chi connectivity index (χ0) is 21.4. The normalized spacial score (nSPS) is 11.4. The maximum Gasteiger partial charge on any atom is 0.248 e. The monoisotopic (exact) mass is 416 g/mol. The van der Waals surface area contributed by atoms with Crippen molar-refractivity contribution in [1.29, 1.82) is 0 Å². The molecule has 1 N–H and O–H groups in total. The first-order valence-corrected chi connectivity index (χ1v) is 10.2. The van der Waals surface area contributed by atoms with Gasteiger partial charge in [-0.05, 0) is 42.0 Å². The van der Waals surface area contributed by atoms with E-state index >= 15 is 0 Å². The molecule has 2 rings (SSSR count). The molecule has 0 saturated heterocycles. The summed E-state index contributed by atoms with van der Waals surface area (Å²) in [5.74, 6) is 0.637. The Labute approximate surface area is 171 Å². The number of nitrogens with zero attached hydrogens (tertiary/aromatic N) is 1. The summed E-state index contributed by atoms with van der Waals surface area (Å²) in [7, 11) is 0.683. The minimum atomic E-state index is -3.64. The first kappa shape index (κ1) is 22.2. The predicted octanol–water partition coefficient (Wildman–Crippen LogP) is 3.16. The lowest BCUT2D eigenvalue weighted by Gasteiger charge is -2.14. The van der Waals surface area contributed by atoms with E-state index in [9.17, 15) is 13.2 Å². The molecule has 2 aromatic carbocycles. The summed E-state index contributed by atoms with van der Waals surface area (Å²) in [5.41, 5.74) is 1.07. The molecule has 0 bridgehead atoms. The van der Waals surface area contributed by atoms with Crippen LogP contribution in [0, 0.1) is 0 Å². The number of anilines is 1. The van der Waals surface area contributed by atoms with Gasteiger partial charge in [-0.2, -0.15) is 0 Å². The van der Waals surface area contributed by atoms with E-state index in [0.29, 0.717) is 18.1 Å². The summed E-state index contributed by atoms with van der Waals surface area (Å²) >= 11 is 0. The lowest BCUT2D eigenvalue weighted by atomic mass is 10.2. The summed E-state index contributed by atoms with van der Waals surface area (Å²) in [6.07, 6.45) is 4.65. The summed E-state index contributed by atoms with van der Waals surface area (Å²) in [5, 5.41) is 2.65. The van der Waals surface area contributed by atoms with E-state index in [-0.39, 0.29) is 10.6 Å². The summed E-state index contributed by atoms with van der Waals surface area (Å²) in [4.78, 5) is 12.4. The molecule has 0 saturated carbocycles. The third-order valence-corrected chi connectivity index (χ3v) is 5.69. The molecular formula is C21H24N2O5S. The molecule has 7 nitrogen and oxygen atoms in total. The van der Waals surface area contributed by atoms with E-state index in [1.54, 1.807) is 24.3 Å². The summed E-state index contributed by atoms with van der Waals surface area (Å²) < 4.78 is 36.4. The van der Waals surface area contributed by atoms with Gasteiger partial charge in [-0.3, -0.25) is 4.79 Å². The van der Waals surface area contributed by atoms with Gasteiger partial charge in [-0.25, -0.2) is 12.7 Å². The van der Waals surface area contributed by atoms with Crippen LogP contribution in [-0.4, -0.2) is 46.4 Å². The number of ether oxygens (including phenoxy) is 2. The second-order valence-electron chi connectivity index (χ2n) is 6.14. The van der Waals surface area contributed by atoms with Crippen LogP contribution in [0.4, 0.5) is 5.69 Å². The molecule has 0 fully saturated rings. The minimum Gasteiger partial charge on any atom is -0.495 e. The van der Waals surface area contributed by atoms with Gasteiger partial charge in [0, 0.05) is 20.2 Å². The number of hydrogen-bond donors (Lipinski definition) is 1. The molecule has 0 heterocycles. The average molecular weight is 416 g/mol. The lowest BCUT2D eigenvalue weighted by Crippen LogP contribution is -2.22. The Morgan fingerprint density at radius 1 is 1.17 bits per heavy atom. The van der Waals surface area contributed by atoms with Crippen LogP contribution in [0.25, 0.3) is 6.08 Å². The Hall–Kier alpha value is -3.10. The molecule has 8 heteroatoms. The van der Waals surface area contributed by atoms with Crippen molar-refractivity contribution in [2.24, 2.45) is 0 Å². The van der Waals surface area contributed by atoms with Gasteiger partial charge in [0.2, 0.25) is 15.9 Å². The third kappa shape index (κ3) is 5.94. The first-order valence-electron chi connectivity index (χ1n) is 8.71. The van der Waals surface area contributed by atoms with Gasteiger partial charge in [0.15, 0.2) is 0 Å². The van der Waals surface area contributed by atoms with Crippen molar-refractivity contribution in [2.45, 2.75) is 4.90 Å². The number of methoxy groups -OCH3 is 1. The number of rotatable bonds is 9. The molecule has 0 radical (unpaired) electrons. The van der Waals surface area contributed by atoms with Crippen LogP contribution < -0.4 is 14.8 Å². The Morgan fingerprint density at radius 3 is 2.45 bits per heavy atom. The van der Waals surface area contributed by atoms with Crippen molar-refractivity contribution in [1.82, 2.24) is 4.31 Å². The van der Waals surface area contributed by atoms with Gasteiger partial charge < -0.3 is 14.8 Å². The maximum absolute atomic E-state index is 12.3. The fourth-order valence-electron chi connectivity index (χ4n) is 2.33. The van der Waals surface area contributed by atoms with Gasteiger partial charge in [0.1, 0.15) is 18.1 Å². The topological polar surface area (TPSA) is 84.9 Å². The minimum absolute atomic E-state index is 0.0534. The number of sulfonamides is 1. The Kier molecular flexibility index (Phi) is 7.58. The van der Waals surface area contributed by atoms with Gasteiger partial charge in [-0.1, -0.05) is 24.8 Å². The van der Waals surface area contributed by atoms with E-state index in [1.165, 1.54) is 45.5 Å². The maximum atomic E-state index is 12.3. The smallest absolute Gasteiger partial charge is 0.248 e. The molecule has 29 heavy (non-hydrogen) atoms. The van der Waals surface area contributed by atoms with Gasteiger partial charge in [0.25, 0.3) is 0 Å². The molecule has 0 spiro atoms. The Balaban J connectivity index is 2.15. The molecule has 0 aromatic heterocycles. The van der Waals surface area contributed by atoms with Crippen molar-refractivity contribution < 1.29 is 22.7 Å². The van der Waals surface area contributed by atoms with Crippen molar-refractivity contribution in [2.75, 3.05) is 33.1 Å². The number of hydrogen-bond acceptors (Lipinski definition) is 5. The van der Waals surface area contributed by atoms with Crippen LogP contribution in [0.3, 0.4) is 0 Å². The van der Waals surface area contributed by atoms with E-state index in [2.05, 4.69) is 11.9 Å². The van der Waals surface area contributed by atoms with Crippen molar-refractivity contribution in [3.05, 3.63) is 66.8 Å². The molecule has 0 aliphatic rings. The number of amides is 1. The molecule has 2 aromatic rings.